The van der Waals surface area contributed by atoms with Crippen LogP contribution >= 0.6 is 0 Å². The van der Waals surface area contributed by atoms with E-state index in [1.165, 1.54) is 6.42 Å². The Labute approximate surface area is 114 Å². The smallest absolute Gasteiger partial charge is 0.224 e. The fourth-order valence-corrected chi connectivity index (χ4v) is 2.30. The summed E-state index contributed by atoms with van der Waals surface area (Å²) in [5, 5.41) is 3.14. The molecule has 1 aliphatic heterocycles. The zero-order valence-corrected chi connectivity index (χ0v) is 11.5. The maximum atomic E-state index is 12.0. The van der Waals surface area contributed by atoms with Crippen LogP contribution in [-0.2, 0) is 4.79 Å². The quantitative estimate of drug-likeness (QED) is 0.867. The molecule has 1 aromatic heterocycles. The van der Waals surface area contributed by atoms with Crippen LogP contribution in [0.1, 0.15) is 31.4 Å². The lowest BCUT2D eigenvalue weighted by atomic mass is 10.1. The Kier molecular flexibility index (Phi) is 4.60. The fourth-order valence-electron chi connectivity index (χ4n) is 2.30. The number of nitrogens with zero attached hydrogens (tertiary/aromatic N) is 2. The highest BCUT2D eigenvalue weighted by Gasteiger charge is 2.15. The zero-order valence-electron chi connectivity index (χ0n) is 11.5. The number of rotatable bonds is 4. The third kappa shape index (κ3) is 3.84. The second-order valence-corrected chi connectivity index (χ2v) is 5.01. The first-order chi connectivity index (χ1) is 9.16. The fraction of sp³-hybridized carbons (Fsp3) is 0.571. The Balaban J connectivity index is 1.79. The van der Waals surface area contributed by atoms with E-state index in [1.807, 2.05) is 24.0 Å². The minimum Gasteiger partial charge on any atom is -0.396 e. The van der Waals surface area contributed by atoms with Crippen molar-refractivity contribution < 1.29 is 4.79 Å². The summed E-state index contributed by atoms with van der Waals surface area (Å²) in [7, 11) is 0. The van der Waals surface area contributed by atoms with Gasteiger partial charge < -0.3 is 16.0 Å². The highest BCUT2D eigenvalue weighted by molar-refractivity contribution is 5.77. The van der Waals surface area contributed by atoms with Gasteiger partial charge in [-0.2, -0.15) is 0 Å². The number of nitrogens with two attached hydrogens (primary N) is 1. The van der Waals surface area contributed by atoms with Crippen molar-refractivity contribution in [2.45, 2.75) is 32.6 Å². The number of hydrogen-bond acceptors (Lipinski definition) is 4. The summed E-state index contributed by atoms with van der Waals surface area (Å²) >= 11 is 0. The van der Waals surface area contributed by atoms with Crippen LogP contribution < -0.4 is 11.1 Å². The summed E-state index contributed by atoms with van der Waals surface area (Å²) < 4.78 is 0. The standard InChI is InChI=1S/C14H22N4O/c1-11-5-6-12(15)14(17-11)16-8-7-13(19)18-9-3-2-4-10-18/h5-6H,2-4,7-10,15H2,1H3,(H,16,17). The van der Waals surface area contributed by atoms with Gasteiger partial charge in [0.2, 0.25) is 5.91 Å². The van der Waals surface area contributed by atoms with Crippen LogP contribution in [0.4, 0.5) is 11.5 Å². The molecule has 3 N–H and O–H groups in total. The number of nitrogens with one attached hydrogen (secondary N) is 1. The zero-order chi connectivity index (χ0) is 13.7. The number of aryl methyl sites for hydroxylation is 1. The van der Waals surface area contributed by atoms with Crippen LogP contribution in [0.5, 0.6) is 0 Å². The number of pyridine rings is 1. The molecule has 1 saturated heterocycles. The van der Waals surface area contributed by atoms with E-state index in [0.29, 0.717) is 24.5 Å². The predicted molar refractivity (Wildman–Crippen MR) is 76.9 cm³/mol. The highest BCUT2D eigenvalue weighted by atomic mass is 16.2. The van der Waals surface area contributed by atoms with Crippen molar-refractivity contribution in [3.63, 3.8) is 0 Å². The van der Waals surface area contributed by atoms with E-state index >= 15 is 0 Å². The van der Waals surface area contributed by atoms with E-state index in [1.54, 1.807) is 0 Å². The molecule has 104 valence electrons. The lowest BCUT2D eigenvalue weighted by Gasteiger charge is -2.26. The van der Waals surface area contributed by atoms with Crippen LogP contribution in [0, 0.1) is 6.92 Å². The molecule has 1 amide bonds. The second kappa shape index (κ2) is 6.41. The Morgan fingerprint density at radius 3 is 2.84 bits per heavy atom. The van der Waals surface area contributed by atoms with Crippen LogP contribution in [0.2, 0.25) is 0 Å². The monoisotopic (exact) mass is 262 g/mol. The number of anilines is 2. The Hall–Kier alpha value is -1.78. The molecule has 0 unspecified atom stereocenters. The summed E-state index contributed by atoms with van der Waals surface area (Å²) in [6.07, 6.45) is 4.00. The van der Waals surface area contributed by atoms with E-state index in [0.717, 1.165) is 31.6 Å². The third-order valence-corrected chi connectivity index (χ3v) is 3.41. The largest absolute Gasteiger partial charge is 0.396 e. The molecular weight excluding hydrogens is 240 g/mol. The van der Waals surface area contributed by atoms with Gasteiger partial charge in [0.15, 0.2) is 0 Å². The number of likely N-dealkylation sites (tertiary alicyclic amines) is 1. The average Bonchev–Trinajstić information content (AvgIpc) is 2.43. The number of aromatic nitrogens is 1. The molecule has 1 aliphatic rings. The van der Waals surface area contributed by atoms with Crippen LogP contribution in [0.25, 0.3) is 0 Å². The molecule has 0 aromatic carbocycles. The van der Waals surface area contributed by atoms with Crippen molar-refractivity contribution in [2.75, 3.05) is 30.7 Å². The van der Waals surface area contributed by atoms with E-state index in [9.17, 15) is 4.79 Å². The van der Waals surface area contributed by atoms with Gasteiger partial charge in [0.1, 0.15) is 5.82 Å². The van der Waals surface area contributed by atoms with Crippen LogP contribution in [-0.4, -0.2) is 35.4 Å². The number of nitrogen functional groups attached to an aromatic ring is 1. The Morgan fingerprint density at radius 1 is 1.37 bits per heavy atom. The van der Waals surface area contributed by atoms with Gasteiger partial charge in [-0.25, -0.2) is 4.98 Å². The number of amides is 1. The average molecular weight is 262 g/mol. The minimum atomic E-state index is 0.221. The first kappa shape index (κ1) is 13.6. The summed E-state index contributed by atoms with van der Waals surface area (Å²) in [6, 6.07) is 3.70. The first-order valence-corrected chi connectivity index (χ1v) is 6.91. The second-order valence-electron chi connectivity index (χ2n) is 5.01. The number of carbonyl (C=O) groups excluding carboxylic acids is 1. The normalized spacial score (nSPS) is 15.3. The van der Waals surface area contributed by atoms with Gasteiger partial charge in [0.25, 0.3) is 0 Å². The van der Waals surface area contributed by atoms with Gasteiger partial charge >= 0.3 is 0 Å². The Morgan fingerprint density at radius 2 is 2.11 bits per heavy atom. The van der Waals surface area contributed by atoms with Crippen molar-refractivity contribution in [1.29, 1.82) is 0 Å². The van der Waals surface area contributed by atoms with Gasteiger partial charge in [-0.1, -0.05) is 0 Å². The van der Waals surface area contributed by atoms with Gasteiger partial charge in [0, 0.05) is 31.7 Å². The lowest BCUT2D eigenvalue weighted by molar-refractivity contribution is -0.131. The Bertz CT molecular complexity index is 441. The predicted octanol–water partition coefficient (Wildman–Crippen LogP) is 1.79. The molecule has 1 fully saturated rings. The van der Waals surface area contributed by atoms with Crippen molar-refractivity contribution in [1.82, 2.24) is 9.88 Å². The lowest BCUT2D eigenvalue weighted by Crippen LogP contribution is -2.36. The van der Waals surface area contributed by atoms with Crippen molar-refractivity contribution in [3.8, 4) is 0 Å². The molecule has 1 aromatic rings. The van der Waals surface area contributed by atoms with Crippen molar-refractivity contribution in [3.05, 3.63) is 17.8 Å². The van der Waals surface area contributed by atoms with Gasteiger partial charge in [-0.05, 0) is 38.3 Å². The molecule has 2 heterocycles. The molecule has 0 saturated carbocycles. The summed E-state index contributed by atoms with van der Waals surface area (Å²) in [5.74, 6) is 0.893. The van der Waals surface area contributed by atoms with Crippen LogP contribution in [0.15, 0.2) is 12.1 Å². The number of carbonyl (C=O) groups is 1. The molecule has 2 rings (SSSR count). The van der Waals surface area contributed by atoms with E-state index in [2.05, 4.69) is 10.3 Å². The summed E-state index contributed by atoms with van der Waals surface area (Å²) in [4.78, 5) is 18.3. The van der Waals surface area contributed by atoms with Gasteiger partial charge in [0.05, 0.1) is 5.69 Å². The molecule has 0 atom stereocenters. The minimum absolute atomic E-state index is 0.221. The SMILES string of the molecule is Cc1ccc(N)c(NCCC(=O)N2CCCCC2)n1. The maximum absolute atomic E-state index is 12.0. The highest BCUT2D eigenvalue weighted by Crippen LogP contribution is 2.15. The van der Waals surface area contributed by atoms with Gasteiger partial charge in [-0.3, -0.25) is 4.79 Å². The van der Waals surface area contributed by atoms with Crippen molar-refractivity contribution >= 4 is 17.4 Å². The molecular formula is C14H22N4O. The molecule has 19 heavy (non-hydrogen) atoms. The summed E-state index contributed by atoms with van der Waals surface area (Å²) in [6.45, 7) is 4.31. The van der Waals surface area contributed by atoms with E-state index in [-0.39, 0.29) is 5.91 Å². The molecule has 0 spiro atoms. The molecule has 0 radical (unpaired) electrons. The van der Waals surface area contributed by atoms with Crippen LogP contribution in [0.3, 0.4) is 0 Å². The van der Waals surface area contributed by atoms with E-state index < -0.39 is 0 Å². The van der Waals surface area contributed by atoms with E-state index in [4.69, 9.17) is 5.73 Å². The number of hydrogen-bond donors (Lipinski definition) is 2. The van der Waals surface area contributed by atoms with Gasteiger partial charge in [-0.15, -0.1) is 0 Å². The molecule has 0 aliphatic carbocycles. The molecule has 5 nitrogen and oxygen atoms in total. The third-order valence-electron chi connectivity index (χ3n) is 3.41. The maximum Gasteiger partial charge on any atom is 0.224 e. The first-order valence-electron chi connectivity index (χ1n) is 6.91. The summed E-state index contributed by atoms with van der Waals surface area (Å²) in [5.41, 5.74) is 7.37. The van der Waals surface area contributed by atoms with Crippen molar-refractivity contribution in [2.24, 2.45) is 0 Å². The molecule has 0 bridgehead atoms. The topological polar surface area (TPSA) is 71.2 Å². The number of piperidine rings is 1. The molecule has 5 heteroatoms.